The third kappa shape index (κ3) is 4.67. The standard InChI is InChI=1S/C15H24ClN3O/c1-6-9-17-12-8-7-11(16)13(19-12)14(20)18-10(2)15(3,4)5/h7-8,10H,6,9H2,1-5H3,(H,17,19)(H,18,20). The first-order valence-corrected chi connectivity index (χ1v) is 7.34. The Kier molecular flexibility index (Phi) is 5.81. The number of aromatic nitrogens is 1. The highest BCUT2D eigenvalue weighted by Crippen LogP contribution is 2.21. The summed E-state index contributed by atoms with van der Waals surface area (Å²) in [6, 6.07) is 3.51. The van der Waals surface area contributed by atoms with Crippen LogP contribution in [0.2, 0.25) is 5.02 Å². The van der Waals surface area contributed by atoms with Crippen LogP contribution in [-0.2, 0) is 0 Å². The van der Waals surface area contributed by atoms with E-state index in [1.165, 1.54) is 0 Å². The van der Waals surface area contributed by atoms with Crippen molar-refractivity contribution < 1.29 is 4.79 Å². The molecule has 0 saturated carbocycles. The van der Waals surface area contributed by atoms with E-state index in [0.29, 0.717) is 10.8 Å². The molecular weight excluding hydrogens is 274 g/mol. The van der Waals surface area contributed by atoms with Crippen molar-refractivity contribution in [3.05, 3.63) is 22.8 Å². The van der Waals surface area contributed by atoms with Gasteiger partial charge in [0.2, 0.25) is 0 Å². The van der Waals surface area contributed by atoms with Gasteiger partial charge >= 0.3 is 0 Å². The van der Waals surface area contributed by atoms with Crippen LogP contribution in [0.4, 0.5) is 5.82 Å². The minimum absolute atomic E-state index is 0.0137. The molecule has 1 rings (SSSR count). The average molecular weight is 298 g/mol. The number of hydrogen-bond donors (Lipinski definition) is 2. The summed E-state index contributed by atoms with van der Waals surface area (Å²) < 4.78 is 0. The molecule has 0 radical (unpaired) electrons. The topological polar surface area (TPSA) is 54.0 Å². The quantitative estimate of drug-likeness (QED) is 0.871. The van der Waals surface area contributed by atoms with Crippen molar-refractivity contribution in [3.8, 4) is 0 Å². The fraction of sp³-hybridized carbons (Fsp3) is 0.600. The first-order chi connectivity index (χ1) is 9.25. The molecule has 1 unspecified atom stereocenters. The van der Waals surface area contributed by atoms with Crippen LogP contribution in [0.5, 0.6) is 0 Å². The molecule has 0 aromatic carbocycles. The zero-order valence-electron chi connectivity index (χ0n) is 12.9. The normalized spacial score (nSPS) is 12.9. The van der Waals surface area contributed by atoms with Crippen molar-refractivity contribution >= 4 is 23.3 Å². The Morgan fingerprint density at radius 3 is 2.60 bits per heavy atom. The third-order valence-electron chi connectivity index (χ3n) is 3.26. The SMILES string of the molecule is CCCNc1ccc(Cl)c(C(=O)NC(C)C(C)(C)C)n1. The fourth-order valence-corrected chi connectivity index (χ4v) is 1.63. The van der Waals surface area contributed by atoms with E-state index < -0.39 is 0 Å². The highest BCUT2D eigenvalue weighted by molar-refractivity contribution is 6.33. The van der Waals surface area contributed by atoms with Crippen molar-refractivity contribution in [1.29, 1.82) is 0 Å². The lowest BCUT2D eigenvalue weighted by Crippen LogP contribution is -2.41. The highest BCUT2D eigenvalue weighted by atomic mass is 35.5. The summed E-state index contributed by atoms with van der Waals surface area (Å²) in [4.78, 5) is 16.6. The van der Waals surface area contributed by atoms with E-state index in [9.17, 15) is 4.79 Å². The molecule has 0 fully saturated rings. The second-order valence-corrected chi connectivity index (χ2v) is 6.42. The molecule has 0 aliphatic heterocycles. The summed E-state index contributed by atoms with van der Waals surface area (Å²) in [5.74, 6) is 0.433. The van der Waals surface area contributed by atoms with Crippen LogP contribution in [0, 0.1) is 5.41 Å². The lowest BCUT2D eigenvalue weighted by atomic mass is 9.88. The van der Waals surface area contributed by atoms with E-state index >= 15 is 0 Å². The predicted molar refractivity (Wildman–Crippen MR) is 84.4 cm³/mol. The number of carbonyl (C=O) groups excluding carboxylic acids is 1. The molecule has 4 nitrogen and oxygen atoms in total. The molecule has 1 amide bonds. The Bertz CT molecular complexity index is 469. The minimum atomic E-state index is -0.238. The lowest BCUT2D eigenvalue weighted by molar-refractivity contribution is 0.0905. The molecule has 1 aromatic rings. The van der Waals surface area contributed by atoms with Gasteiger partial charge in [-0.25, -0.2) is 4.98 Å². The van der Waals surface area contributed by atoms with Crippen LogP contribution >= 0.6 is 11.6 Å². The summed E-state index contributed by atoms with van der Waals surface area (Å²) in [5.41, 5.74) is 0.254. The maximum absolute atomic E-state index is 12.3. The molecule has 0 saturated heterocycles. The number of anilines is 1. The first kappa shape index (κ1) is 16.8. The molecule has 0 bridgehead atoms. The molecule has 0 aliphatic carbocycles. The number of halogens is 1. The van der Waals surface area contributed by atoms with E-state index in [1.807, 2.05) is 6.92 Å². The van der Waals surface area contributed by atoms with Crippen molar-refractivity contribution in [2.75, 3.05) is 11.9 Å². The van der Waals surface area contributed by atoms with Gasteiger partial charge in [0, 0.05) is 12.6 Å². The molecule has 1 heterocycles. The van der Waals surface area contributed by atoms with Crippen LogP contribution in [-0.4, -0.2) is 23.5 Å². The zero-order valence-corrected chi connectivity index (χ0v) is 13.6. The van der Waals surface area contributed by atoms with Crippen LogP contribution in [0.15, 0.2) is 12.1 Å². The van der Waals surface area contributed by atoms with Crippen LogP contribution < -0.4 is 10.6 Å². The second kappa shape index (κ2) is 6.93. The molecule has 112 valence electrons. The van der Waals surface area contributed by atoms with Gasteiger partial charge in [0.05, 0.1) is 5.02 Å². The summed E-state index contributed by atoms with van der Waals surface area (Å²) in [7, 11) is 0. The summed E-state index contributed by atoms with van der Waals surface area (Å²) in [6.07, 6.45) is 0.993. The van der Waals surface area contributed by atoms with Crippen molar-refractivity contribution in [2.24, 2.45) is 5.41 Å². The van der Waals surface area contributed by atoms with Gasteiger partial charge in [-0.15, -0.1) is 0 Å². The predicted octanol–water partition coefficient (Wildman–Crippen LogP) is 3.72. The van der Waals surface area contributed by atoms with Gasteiger partial charge in [-0.3, -0.25) is 4.79 Å². The number of nitrogens with zero attached hydrogens (tertiary/aromatic N) is 1. The molecule has 20 heavy (non-hydrogen) atoms. The van der Waals surface area contributed by atoms with Gasteiger partial charge in [0.15, 0.2) is 0 Å². The zero-order chi connectivity index (χ0) is 15.3. The maximum Gasteiger partial charge on any atom is 0.271 e. The molecule has 1 aromatic heterocycles. The molecule has 0 spiro atoms. The minimum Gasteiger partial charge on any atom is -0.370 e. The Hall–Kier alpha value is -1.29. The largest absolute Gasteiger partial charge is 0.370 e. The Labute approximate surface area is 126 Å². The van der Waals surface area contributed by atoms with Crippen molar-refractivity contribution in [2.45, 2.75) is 47.1 Å². The van der Waals surface area contributed by atoms with Crippen molar-refractivity contribution in [1.82, 2.24) is 10.3 Å². The third-order valence-corrected chi connectivity index (χ3v) is 3.57. The van der Waals surface area contributed by atoms with E-state index in [0.717, 1.165) is 13.0 Å². The number of rotatable bonds is 5. The molecular formula is C15H24ClN3O. The van der Waals surface area contributed by atoms with Gasteiger partial charge < -0.3 is 10.6 Å². The highest BCUT2D eigenvalue weighted by Gasteiger charge is 2.23. The van der Waals surface area contributed by atoms with Gasteiger partial charge in [0.25, 0.3) is 5.91 Å². The average Bonchev–Trinajstić information content (AvgIpc) is 2.36. The van der Waals surface area contributed by atoms with Crippen LogP contribution in [0.25, 0.3) is 0 Å². The number of carbonyl (C=O) groups is 1. The molecule has 1 atom stereocenters. The Morgan fingerprint density at radius 1 is 1.40 bits per heavy atom. The monoisotopic (exact) mass is 297 g/mol. The van der Waals surface area contributed by atoms with Gasteiger partial charge in [-0.1, -0.05) is 39.3 Å². The Balaban J connectivity index is 2.86. The molecule has 0 aliphatic rings. The van der Waals surface area contributed by atoms with Gasteiger partial charge in [0.1, 0.15) is 11.5 Å². The summed E-state index contributed by atoms with van der Waals surface area (Å²) >= 11 is 6.07. The van der Waals surface area contributed by atoms with Gasteiger partial charge in [-0.2, -0.15) is 0 Å². The summed E-state index contributed by atoms with van der Waals surface area (Å²) in [6.45, 7) is 11.1. The molecule has 2 N–H and O–H groups in total. The molecule has 5 heteroatoms. The van der Waals surface area contributed by atoms with E-state index in [2.05, 4.69) is 43.3 Å². The number of hydrogen-bond acceptors (Lipinski definition) is 3. The van der Waals surface area contributed by atoms with Crippen molar-refractivity contribution in [3.63, 3.8) is 0 Å². The van der Waals surface area contributed by atoms with Crippen LogP contribution in [0.3, 0.4) is 0 Å². The number of pyridine rings is 1. The van der Waals surface area contributed by atoms with Crippen LogP contribution in [0.1, 0.15) is 51.5 Å². The number of nitrogens with one attached hydrogen (secondary N) is 2. The number of amides is 1. The lowest BCUT2D eigenvalue weighted by Gasteiger charge is -2.28. The van der Waals surface area contributed by atoms with E-state index in [4.69, 9.17) is 11.6 Å². The first-order valence-electron chi connectivity index (χ1n) is 6.97. The smallest absolute Gasteiger partial charge is 0.271 e. The fourth-order valence-electron chi connectivity index (χ4n) is 1.43. The Morgan fingerprint density at radius 2 is 2.05 bits per heavy atom. The second-order valence-electron chi connectivity index (χ2n) is 6.01. The summed E-state index contributed by atoms with van der Waals surface area (Å²) in [5, 5.41) is 6.46. The maximum atomic E-state index is 12.3. The van der Waals surface area contributed by atoms with E-state index in [-0.39, 0.29) is 23.1 Å². The van der Waals surface area contributed by atoms with Gasteiger partial charge in [-0.05, 0) is 30.9 Å². The van der Waals surface area contributed by atoms with E-state index in [1.54, 1.807) is 12.1 Å².